The maximum atomic E-state index is 11.1. The monoisotopic (exact) mass is 302 g/mol. The van der Waals surface area contributed by atoms with Crippen molar-refractivity contribution in [1.29, 1.82) is 0 Å². The van der Waals surface area contributed by atoms with E-state index in [-0.39, 0.29) is 11.5 Å². The van der Waals surface area contributed by atoms with E-state index in [1.54, 1.807) is 0 Å². The lowest BCUT2D eigenvalue weighted by Crippen LogP contribution is -2.45. The summed E-state index contributed by atoms with van der Waals surface area (Å²) in [6, 6.07) is 1.30. The first kappa shape index (κ1) is 13.4. The van der Waals surface area contributed by atoms with Crippen molar-refractivity contribution < 1.29 is 9.72 Å². The number of carbonyl (C=O) groups is 1. The summed E-state index contributed by atoms with van der Waals surface area (Å²) in [5.74, 6) is -0.626. The predicted octanol–water partition coefficient (Wildman–Crippen LogP) is 1.43. The van der Waals surface area contributed by atoms with Gasteiger partial charge in [-0.2, -0.15) is 0 Å². The summed E-state index contributed by atoms with van der Waals surface area (Å²) in [5, 5.41) is 13.5. The number of nitrogens with zero attached hydrogens (tertiary/aromatic N) is 2. The second kappa shape index (κ2) is 4.66. The highest BCUT2D eigenvalue weighted by Crippen LogP contribution is 2.27. The highest BCUT2D eigenvalue weighted by molar-refractivity contribution is 9.10. The predicted molar refractivity (Wildman–Crippen MR) is 65.5 cm³/mol. The Morgan fingerprint density at radius 2 is 2.24 bits per heavy atom. The first-order valence-electron chi connectivity index (χ1n) is 4.62. The van der Waals surface area contributed by atoms with Crippen LogP contribution in [0.15, 0.2) is 16.7 Å². The zero-order valence-electron chi connectivity index (χ0n) is 9.23. The average Bonchev–Trinajstić information content (AvgIpc) is 2.19. The van der Waals surface area contributed by atoms with E-state index >= 15 is 0 Å². The van der Waals surface area contributed by atoms with Gasteiger partial charge in [0.15, 0.2) is 0 Å². The van der Waals surface area contributed by atoms with Crippen LogP contribution < -0.4 is 11.1 Å². The number of amides is 1. The molecule has 0 aliphatic carbocycles. The van der Waals surface area contributed by atoms with Gasteiger partial charge < -0.3 is 11.1 Å². The molecule has 0 saturated carbocycles. The quantitative estimate of drug-likeness (QED) is 0.645. The topological polar surface area (TPSA) is 111 Å². The lowest BCUT2D eigenvalue weighted by Gasteiger charge is -2.22. The number of rotatable bonds is 4. The molecule has 1 rings (SSSR count). The average molecular weight is 303 g/mol. The molecule has 1 aromatic rings. The van der Waals surface area contributed by atoms with Crippen molar-refractivity contribution in [3.8, 4) is 0 Å². The van der Waals surface area contributed by atoms with Gasteiger partial charge in [-0.25, -0.2) is 4.98 Å². The number of primary amides is 1. The van der Waals surface area contributed by atoms with Gasteiger partial charge in [0.05, 0.1) is 4.92 Å². The molecular weight excluding hydrogens is 292 g/mol. The van der Waals surface area contributed by atoms with E-state index in [0.29, 0.717) is 4.47 Å². The Hall–Kier alpha value is -1.70. The molecule has 1 aromatic heterocycles. The van der Waals surface area contributed by atoms with Crippen LogP contribution in [0, 0.1) is 10.1 Å². The molecule has 1 heterocycles. The van der Waals surface area contributed by atoms with E-state index in [0.717, 1.165) is 0 Å². The van der Waals surface area contributed by atoms with Gasteiger partial charge in [-0.05, 0) is 29.8 Å². The van der Waals surface area contributed by atoms with Gasteiger partial charge >= 0.3 is 5.69 Å². The first-order chi connectivity index (χ1) is 7.74. The molecule has 3 N–H and O–H groups in total. The van der Waals surface area contributed by atoms with E-state index in [2.05, 4.69) is 26.2 Å². The molecule has 0 saturated heterocycles. The van der Waals surface area contributed by atoms with Crippen molar-refractivity contribution >= 4 is 33.3 Å². The van der Waals surface area contributed by atoms with Crippen LogP contribution in [0.2, 0.25) is 0 Å². The van der Waals surface area contributed by atoms with Crippen LogP contribution in [0.3, 0.4) is 0 Å². The summed E-state index contributed by atoms with van der Waals surface area (Å²) in [7, 11) is 0. The molecule has 0 radical (unpaired) electrons. The maximum Gasteiger partial charge on any atom is 0.312 e. The van der Waals surface area contributed by atoms with Gasteiger partial charge in [-0.15, -0.1) is 0 Å². The normalized spacial score (nSPS) is 11.0. The van der Waals surface area contributed by atoms with Crippen LogP contribution in [-0.4, -0.2) is 21.4 Å². The molecule has 0 spiro atoms. The fraction of sp³-hybridized carbons (Fsp3) is 0.333. The molecule has 17 heavy (non-hydrogen) atoms. The molecule has 1 amide bonds. The van der Waals surface area contributed by atoms with Gasteiger partial charge in [-0.3, -0.25) is 14.9 Å². The smallest absolute Gasteiger partial charge is 0.312 e. The van der Waals surface area contributed by atoms with Crippen molar-refractivity contribution in [1.82, 2.24) is 4.98 Å². The third-order valence-electron chi connectivity index (χ3n) is 2.08. The minimum atomic E-state index is -1.12. The van der Waals surface area contributed by atoms with Gasteiger partial charge in [-0.1, -0.05) is 0 Å². The van der Waals surface area contributed by atoms with E-state index in [1.165, 1.54) is 26.1 Å². The fourth-order valence-electron chi connectivity index (χ4n) is 1.02. The van der Waals surface area contributed by atoms with Crippen LogP contribution in [-0.2, 0) is 4.79 Å². The van der Waals surface area contributed by atoms with Gasteiger partial charge in [0, 0.05) is 16.7 Å². The Morgan fingerprint density at radius 3 is 2.71 bits per heavy atom. The Morgan fingerprint density at radius 1 is 1.65 bits per heavy atom. The van der Waals surface area contributed by atoms with Crippen molar-refractivity contribution in [2.75, 3.05) is 5.32 Å². The number of nitro groups is 1. The molecular formula is C9H11BrN4O3. The third-order valence-corrected chi connectivity index (χ3v) is 2.51. The Kier molecular flexibility index (Phi) is 3.66. The summed E-state index contributed by atoms with van der Waals surface area (Å²) in [6.45, 7) is 3.03. The standard InChI is InChI=1S/C9H11BrN4O3/c1-9(2,8(11)15)13-7-6(14(16)17)3-5(10)4-12-7/h3-4H,1-2H3,(H2,11,15)(H,12,13). The zero-order valence-corrected chi connectivity index (χ0v) is 10.8. The maximum absolute atomic E-state index is 11.1. The Bertz CT molecular complexity index is 475. The van der Waals surface area contributed by atoms with E-state index in [4.69, 9.17) is 5.73 Å². The van der Waals surface area contributed by atoms with Gasteiger partial charge in [0.1, 0.15) is 5.54 Å². The molecule has 0 atom stereocenters. The lowest BCUT2D eigenvalue weighted by atomic mass is 10.1. The third kappa shape index (κ3) is 3.13. The van der Waals surface area contributed by atoms with Crippen LogP contribution in [0.25, 0.3) is 0 Å². The summed E-state index contributed by atoms with van der Waals surface area (Å²) in [4.78, 5) is 25.2. The van der Waals surface area contributed by atoms with Crippen molar-refractivity contribution in [3.63, 3.8) is 0 Å². The van der Waals surface area contributed by atoms with Crippen molar-refractivity contribution in [2.45, 2.75) is 19.4 Å². The second-order valence-corrected chi connectivity index (χ2v) is 4.81. The summed E-state index contributed by atoms with van der Waals surface area (Å²) in [5.41, 5.74) is 3.82. The van der Waals surface area contributed by atoms with E-state index < -0.39 is 16.4 Å². The number of carbonyl (C=O) groups excluding carboxylic acids is 1. The molecule has 0 fully saturated rings. The number of nitrogens with two attached hydrogens (primary N) is 1. The molecule has 0 unspecified atom stereocenters. The number of hydrogen-bond acceptors (Lipinski definition) is 5. The van der Waals surface area contributed by atoms with E-state index in [9.17, 15) is 14.9 Å². The fourth-order valence-corrected chi connectivity index (χ4v) is 1.34. The Balaban J connectivity index is 3.15. The summed E-state index contributed by atoms with van der Waals surface area (Å²) >= 11 is 3.09. The summed E-state index contributed by atoms with van der Waals surface area (Å²) < 4.78 is 0.478. The number of anilines is 1. The highest BCUT2D eigenvalue weighted by Gasteiger charge is 2.28. The molecule has 0 aromatic carbocycles. The Labute approximate surface area is 106 Å². The minimum absolute atomic E-state index is 0.00185. The van der Waals surface area contributed by atoms with Crippen LogP contribution in [0.1, 0.15) is 13.8 Å². The highest BCUT2D eigenvalue weighted by atomic mass is 79.9. The molecule has 0 aliphatic rings. The second-order valence-electron chi connectivity index (χ2n) is 3.89. The number of nitrogens with one attached hydrogen (secondary N) is 1. The number of halogens is 1. The van der Waals surface area contributed by atoms with Crippen molar-refractivity contribution in [3.05, 3.63) is 26.9 Å². The number of pyridine rings is 1. The lowest BCUT2D eigenvalue weighted by molar-refractivity contribution is -0.384. The first-order valence-corrected chi connectivity index (χ1v) is 5.41. The largest absolute Gasteiger partial charge is 0.368 e. The van der Waals surface area contributed by atoms with E-state index in [1.807, 2.05) is 0 Å². The van der Waals surface area contributed by atoms with Crippen LogP contribution in [0.5, 0.6) is 0 Å². The molecule has 8 heteroatoms. The van der Waals surface area contributed by atoms with Crippen LogP contribution >= 0.6 is 15.9 Å². The molecule has 7 nitrogen and oxygen atoms in total. The molecule has 0 bridgehead atoms. The minimum Gasteiger partial charge on any atom is -0.368 e. The number of aromatic nitrogens is 1. The SMILES string of the molecule is CC(C)(Nc1ncc(Br)cc1[N+](=O)[O-])C(N)=O. The van der Waals surface area contributed by atoms with Crippen molar-refractivity contribution in [2.24, 2.45) is 5.73 Å². The van der Waals surface area contributed by atoms with Gasteiger partial charge in [0.2, 0.25) is 11.7 Å². The van der Waals surface area contributed by atoms with Crippen LogP contribution in [0.4, 0.5) is 11.5 Å². The molecule has 92 valence electrons. The van der Waals surface area contributed by atoms with Gasteiger partial charge in [0.25, 0.3) is 0 Å². The summed E-state index contributed by atoms with van der Waals surface area (Å²) in [6.07, 6.45) is 1.40. The molecule has 0 aliphatic heterocycles. The number of hydrogen-bond donors (Lipinski definition) is 2. The zero-order chi connectivity index (χ0) is 13.2.